The van der Waals surface area contributed by atoms with Gasteiger partial charge in [-0.2, -0.15) is 13.5 Å². The van der Waals surface area contributed by atoms with Crippen LogP contribution in [0.1, 0.15) is 53.5 Å². The first-order valence-electron chi connectivity index (χ1n) is 10.4. The van der Waals surface area contributed by atoms with E-state index in [1.54, 1.807) is 34.6 Å². The van der Waals surface area contributed by atoms with Gasteiger partial charge in [0.1, 0.15) is 11.4 Å². The van der Waals surface area contributed by atoms with Gasteiger partial charge in [-0.25, -0.2) is 9.18 Å². The summed E-state index contributed by atoms with van der Waals surface area (Å²) in [5.74, 6) is -0.662. The van der Waals surface area contributed by atoms with Crippen LogP contribution < -0.4 is 5.32 Å². The summed E-state index contributed by atoms with van der Waals surface area (Å²) in [4.78, 5) is 12.6. The second kappa shape index (κ2) is 9.83. The summed E-state index contributed by atoms with van der Waals surface area (Å²) in [6.45, 7) is 9.27. The Hall–Kier alpha value is -0.960. The van der Waals surface area contributed by atoms with Crippen LogP contribution in [0, 0.1) is 5.82 Å². The van der Waals surface area contributed by atoms with Crippen LogP contribution in [0.2, 0.25) is 0 Å². The molecule has 194 valence electrons. The smallest absolute Gasteiger partial charge is 0.408 e. The van der Waals surface area contributed by atoms with Crippen molar-refractivity contribution < 1.29 is 36.8 Å². The molecule has 0 radical (unpaired) electrons. The lowest BCUT2D eigenvalue weighted by molar-refractivity contribution is -0.327. The molecule has 1 saturated heterocycles. The average molecular weight is 588 g/mol. The molecular formula is C21H32BrFN2O7S2. The molecule has 1 aromatic rings. The SMILES string of the molecule is CC(C)(C)OC(=O)NC1S[C@](C)(c2cc(Br)ccc2F)[C@](O)(CCOS(C)(=O)=O)N(O)C1(C)C. The van der Waals surface area contributed by atoms with Crippen LogP contribution >= 0.6 is 27.7 Å². The third kappa shape index (κ3) is 6.23. The number of nitrogens with zero attached hydrogens (tertiary/aromatic N) is 1. The first kappa shape index (κ1) is 29.3. The number of hydrogen-bond acceptors (Lipinski definition) is 9. The number of aliphatic hydroxyl groups is 1. The third-order valence-corrected chi connectivity index (χ3v) is 8.53. The molecule has 2 rings (SSSR count). The van der Waals surface area contributed by atoms with Gasteiger partial charge >= 0.3 is 6.09 Å². The standard InChI is InChI=1S/C21H32BrFN2O7S2/c1-18(2,3)32-17(26)24-16-19(4,5)25(28)21(27,10-11-31-34(7,29)30)20(6,33-16)14-12-13(22)8-9-15(14)23/h8-9,12,16,27-28H,10-11H2,1-7H3,(H,24,26)/t16?,20-,21-/m1/s1. The van der Waals surface area contributed by atoms with Crippen molar-refractivity contribution in [3.63, 3.8) is 0 Å². The van der Waals surface area contributed by atoms with Gasteiger partial charge in [0.05, 0.1) is 28.5 Å². The molecular weight excluding hydrogens is 555 g/mol. The Morgan fingerprint density at radius 2 is 1.91 bits per heavy atom. The largest absolute Gasteiger partial charge is 0.444 e. The van der Waals surface area contributed by atoms with Crippen LogP contribution in [0.15, 0.2) is 22.7 Å². The van der Waals surface area contributed by atoms with Gasteiger partial charge in [-0.15, -0.1) is 11.8 Å². The number of benzene rings is 1. The highest BCUT2D eigenvalue weighted by Crippen LogP contribution is 2.57. The number of halogens is 2. The molecule has 34 heavy (non-hydrogen) atoms. The fourth-order valence-corrected chi connectivity index (χ4v) is 6.13. The highest BCUT2D eigenvalue weighted by molar-refractivity contribution is 9.10. The third-order valence-electron chi connectivity index (χ3n) is 5.49. The topological polar surface area (TPSA) is 125 Å². The minimum atomic E-state index is -3.83. The first-order valence-corrected chi connectivity index (χ1v) is 13.9. The van der Waals surface area contributed by atoms with E-state index < -0.39 is 62.0 Å². The molecule has 1 heterocycles. The number of rotatable bonds is 6. The first-order chi connectivity index (χ1) is 15.2. The van der Waals surface area contributed by atoms with Gasteiger partial charge in [-0.3, -0.25) is 4.18 Å². The van der Waals surface area contributed by atoms with Crippen molar-refractivity contribution in [2.75, 3.05) is 12.9 Å². The Balaban J connectivity index is 2.59. The summed E-state index contributed by atoms with van der Waals surface area (Å²) in [5, 5.41) is 25.6. The Morgan fingerprint density at radius 3 is 2.44 bits per heavy atom. The molecule has 13 heteroatoms. The molecule has 1 fully saturated rings. The molecule has 1 unspecified atom stereocenters. The number of hydrogen-bond donors (Lipinski definition) is 3. The van der Waals surface area contributed by atoms with Crippen LogP contribution in [0.25, 0.3) is 0 Å². The average Bonchev–Trinajstić information content (AvgIpc) is 2.64. The summed E-state index contributed by atoms with van der Waals surface area (Å²) in [6.07, 6.45) is -0.287. The van der Waals surface area contributed by atoms with Gasteiger partial charge in [0, 0.05) is 16.5 Å². The number of hydroxylamine groups is 2. The zero-order valence-electron chi connectivity index (χ0n) is 20.2. The number of alkyl carbamates (subject to hydrolysis) is 1. The van der Waals surface area contributed by atoms with Gasteiger partial charge in [0.25, 0.3) is 10.1 Å². The lowest BCUT2D eigenvalue weighted by Crippen LogP contribution is -2.74. The van der Waals surface area contributed by atoms with Gasteiger partial charge in [0.2, 0.25) is 0 Å². The molecule has 0 spiro atoms. The Bertz CT molecular complexity index is 1030. The van der Waals surface area contributed by atoms with Crippen molar-refractivity contribution >= 4 is 43.9 Å². The van der Waals surface area contributed by atoms with E-state index in [-0.39, 0.29) is 5.56 Å². The predicted octanol–water partition coefficient (Wildman–Crippen LogP) is 3.93. The number of ether oxygens (including phenoxy) is 1. The molecule has 9 nitrogen and oxygen atoms in total. The maximum absolute atomic E-state index is 15.1. The van der Waals surface area contributed by atoms with Crippen LogP contribution in [0.3, 0.4) is 0 Å². The van der Waals surface area contributed by atoms with Crippen LogP contribution in [0.4, 0.5) is 9.18 Å². The lowest BCUT2D eigenvalue weighted by atomic mass is 9.83. The van der Waals surface area contributed by atoms with E-state index in [1.807, 2.05) is 0 Å². The van der Waals surface area contributed by atoms with E-state index >= 15 is 4.39 Å². The minimum Gasteiger partial charge on any atom is -0.444 e. The van der Waals surface area contributed by atoms with Crippen molar-refractivity contribution in [2.45, 2.75) is 74.9 Å². The normalized spacial score (nSPS) is 27.9. The fourth-order valence-electron chi connectivity index (χ4n) is 3.71. The summed E-state index contributed by atoms with van der Waals surface area (Å²) in [6, 6.07) is 4.15. The van der Waals surface area contributed by atoms with Crippen molar-refractivity contribution in [3.05, 3.63) is 34.1 Å². The molecule has 3 N–H and O–H groups in total. The fraction of sp³-hybridized carbons (Fsp3) is 0.667. The van der Waals surface area contributed by atoms with Gasteiger partial charge < -0.3 is 20.4 Å². The molecule has 0 saturated carbocycles. The highest BCUT2D eigenvalue weighted by Gasteiger charge is 2.64. The zero-order chi connectivity index (χ0) is 26.3. The number of thioether (sulfide) groups is 1. The van der Waals surface area contributed by atoms with Crippen molar-refractivity contribution in [1.29, 1.82) is 0 Å². The quantitative estimate of drug-likeness (QED) is 0.425. The molecule has 1 aliphatic rings. The van der Waals surface area contributed by atoms with Crippen molar-refractivity contribution in [3.8, 4) is 0 Å². The second-order valence-corrected chi connectivity index (χ2v) is 13.9. The van der Waals surface area contributed by atoms with E-state index in [4.69, 9.17) is 8.92 Å². The van der Waals surface area contributed by atoms with E-state index in [0.717, 1.165) is 18.0 Å². The summed E-state index contributed by atoms with van der Waals surface area (Å²) in [7, 11) is -3.83. The Kier molecular flexibility index (Phi) is 8.46. The number of amides is 1. The molecule has 0 aromatic heterocycles. The van der Waals surface area contributed by atoms with Gasteiger partial charge in [-0.05, 0) is 59.7 Å². The molecule has 0 bridgehead atoms. The van der Waals surface area contributed by atoms with Crippen LogP contribution in [0.5, 0.6) is 0 Å². The number of carbonyl (C=O) groups excluding carboxylic acids is 1. The second-order valence-electron chi connectivity index (χ2n) is 9.86. The van der Waals surface area contributed by atoms with Crippen molar-refractivity contribution in [1.82, 2.24) is 10.4 Å². The minimum absolute atomic E-state index is 0.0271. The number of carbonyl (C=O) groups is 1. The lowest BCUT2D eigenvalue weighted by Gasteiger charge is -2.60. The highest BCUT2D eigenvalue weighted by atomic mass is 79.9. The maximum Gasteiger partial charge on any atom is 0.408 e. The molecule has 1 amide bonds. The number of nitrogens with one attached hydrogen (secondary N) is 1. The monoisotopic (exact) mass is 586 g/mol. The van der Waals surface area contributed by atoms with Crippen LogP contribution in [-0.2, 0) is 23.8 Å². The summed E-state index contributed by atoms with van der Waals surface area (Å²) >= 11 is 4.31. The van der Waals surface area contributed by atoms with Gasteiger partial charge in [-0.1, -0.05) is 15.9 Å². The molecule has 1 aromatic carbocycles. The Morgan fingerprint density at radius 1 is 1.32 bits per heavy atom. The van der Waals surface area contributed by atoms with Crippen LogP contribution in [-0.4, -0.2) is 65.0 Å². The predicted molar refractivity (Wildman–Crippen MR) is 130 cm³/mol. The molecule has 3 atom stereocenters. The Labute approximate surface area is 212 Å². The zero-order valence-corrected chi connectivity index (χ0v) is 23.4. The van der Waals surface area contributed by atoms with E-state index in [2.05, 4.69) is 21.2 Å². The van der Waals surface area contributed by atoms with E-state index in [9.17, 15) is 23.5 Å². The summed E-state index contributed by atoms with van der Waals surface area (Å²) < 4.78 is 47.2. The molecule has 1 aliphatic heterocycles. The molecule has 0 aliphatic carbocycles. The van der Waals surface area contributed by atoms with Gasteiger partial charge in [0.15, 0.2) is 5.72 Å². The summed E-state index contributed by atoms with van der Waals surface area (Å²) in [5.41, 5.74) is -4.27. The van der Waals surface area contributed by atoms with E-state index in [1.165, 1.54) is 25.1 Å². The maximum atomic E-state index is 15.1. The van der Waals surface area contributed by atoms with E-state index in [0.29, 0.717) is 9.54 Å². The van der Waals surface area contributed by atoms with Crippen molar-refractivity contribution in [2.24, 2.45) is 0 Å².